The molecule has 0 amide bonds. The van der Waals surface area contributed by atoms with Crippen molar-refractivity contribution in [1.29, 1.82) is 0 Å². The number of carbonyl (C=O) groups is 2. The molecule has 0 radical (unpaired) electrons. The van der Waals surface area contributed by atoms with E-state index in [1.54, 1.807) is 0 Å². The molecule has 0 spiro atoms. The summed E-state index contributed by atoms with van der Waals surface area (Å²) < 4.78 is 12.7. The number of ketones is 2. The second-order valence-corrected chi connectivity index (χ2v) is 15.5. The number of fused-ring (bicyclic) bond motifs is 4. The average molecular weight is 599 g/mol. The third kappa shape index (κ3) is 8.10. The molecule has 0 heterocycles. The van der Waals surface area contributed by atoms with Gasteiger partial charge in [-0.05, 0) is 100 Å². The zero-order valence-electron chi connectivity index (χ0n) is 27.3. The molecule has 2 aromatic carbocycles. The number of hydrogen-bond acceptors (Lipinski definition) is 4. The van der Waals surface area contributed by atoms with Gasteiger partial charge in [0, 0.05) is 11.1 Å². The van der Waals surface area contributed by atoms with Gasteiger partial charge in [0.2, 0.25) is 0 Å². The fourth-order valence-electron chi connectivity index (χ4n) is 9.09. The third-order valence-electron chi connectivity index (χ3n) is 11.7. The molecule has 0 aromatic heterocycles. The lowest BCUT2D eigenvalue weighted by molar-refractivity contribution is -0.0420. The highest BCUT2D eigenvalue weighted by Crippen LogP contribution is 2.43. The number of benzene rings is 2. The predicted octanol–water partition coefficient (Wildman–Crippen LogP) is 10.0. The average Bonchev–Trinajstić information content (AvgIpc) is 3.53. The first kappa shape index (κ1) is 31.7. The molecule has 4 heteroatoms. The van der Waals surface area contributed by atoms with Crippen molar-refractivity contribution >= 4 is 11.6 Å². The number of carbonyl (C=O) groups excluding carboxylic acids is 2. The minimum atomic E-state index is -0.192. The summed E-state index contributed by atoms with van der Waals surface area (Å²) in [7, 11) is 0. The van der Waals surface area contributed by atoms with Gasteiger partial charge < -0.3 is 9.47 Å². The molecule has 0 aliphatic heterocycles. The van der Waals surface area contributed by atoms with Crippen molar-refractivity contribution in [3.63, 3.8) is 0 Å². The van der Waals surface area contributed by atoms with Gasteiger partial charge >= 0.3 is 0 Å². The Hall–Kier alpha value is -2.30. The largest absolute Gasteiger partial charge is 0.367 e. The molecule has 44 heavy (non-hydrogen) atoms. The van der Waals surface area contributed by atoms with Gasteiger partial charge in [0.1, 0.15) is 13.2 Å². The number of Topliss-reactive ketones (excluding diaryl/α,β-unsaturated/α-hetero) is 2. The van der Waals surface area contributed by atoms with Crippen LogP contribution in [0.25, 0.3) is 11.1 Å². The van der Waals surface area contributed by atoms with E-state index in [4.69, 9.17) is 9.47 Å². The molecule has 238 valence electrons. The minimum absolute atomic E-state index is 0.0459. The van der Waals surface area contributed by atoms with Crippen LogP contribution in [0.3, 0.4) is 0 Å². The van der Waals surface area contributed by atoms with Gasteiger partial charge in [0.05, 0.1) is 11.2 Å². The van der Waals surface area contributed by atoms with E-state index in [9.17, 15) is 9.59 Å². The Kier molecular flexibility index (Phi) is 10.1. The predicted molar refractivity (Wildman–Crippen MR) is 177 cm³/mol. The lowest BCUT2D eigenvalue weighted by Gasteiger charge is -2.31. The van der Waals surface area contributed by atoms with Gasteiger partial charge in [-0.15, -0.1) is 0 Å². The van der Waals surface area contributed by atoms with Crippen LogP contribution in [-0.2, 0) is 9.47 Å². The summed E-state index contributed by atoms with van der Waals surface area (Å²) in [6.45, 7) is 4.74. The smallest absolute Gasteiger partial charge is 0.188 e. The summed E-state index contributed by atoms with van der Waals surface area (Å²) >= 11 is 0. The highest BCUT2D eigenvalue weighted by Gasteiger charge is 2.37. The van der Waals surface area contributed by atoms with Gasteiger partial charge in [-0.2, -0.15) is 0 Å². The van der Waals surface area contributed by atoms with Gasteiger partial charge in [0.15, 0.2) is 11.6 Å². The molecule has 6 rings (SSSR count). The van der Waals surface area contributed by atoms with Crippen LogP contribution in [0.5, 0.6) is 0 Å². The van der Waals surface area contributed by atoms with Crippen molar-refractivity contribution in [2.24, 2.45) is 23.7 Å². The van der Waals surface area contributed by atoms with Crippen LogP contribution in [0.2, 0.25) is 0 Å². The number of hydrogen-bond donors (Lipinski definition) is 0. The second-order valence-electron chi connectivity index (χ2n) is 15.5. The summed E-state index contributed by atoms with van der Waals surface area (Å²) in [5.74, 6) is 3.26. The van der Waals surface area contributed by atoms with E-state index in [0.29, 0.717) is 11.1 Å². The van der Waals surface area contributed by atoms with Gasteiger partial charge in [-0.25, -0.2) is 0 Å². The standard InChI is InChI=1S/C40H54O4/c1-39(21-19-29-7-3-5-9-31(23-29)25-39)43-27-37(41)35-15-11-33(12-16-35)34-13-17-36(18-14-34)38(42)28-44-40(2)22-20-30-8-4-6-10-32(24-30)26-40/h11-18,29-32H,3-10,19-28H2,1-2H3/t29-,30-,31-,32-,39-,40-/m0/s1. The molecule has 0 N–H and O–H groups in total. The Morgan fingerprint density at radius 1 is 0.568 bits per heavy atom. The van der Waals surface area contributed by atoms with Crippen LogP contribution in [-0.4, -0.2) is 36.0 Å². The monoisotopic (exact) mass is 598 g/mol. The van der Waals surface area contributed by atoms with E-state index in [-0.39, 0.29) is 36.0 Å². The SMILES string of the molecule is C[C@]1(OCC(=O)c2ccc(-c3ccc(C(=O)CO[C@@]4(C)CC[C@@H]5CCCC[C@@H](C5)C4)cc3)cc2)CC[C@@H]2CCCC[C@@H](C2)C1. The van der Waals surface area contributed by atoms with E-state index in [2.05, 4.69) is 13.8 Å². The maximum Gasteiger partial charge on any atom is 0.188 e. The third-order valence-corrected chi connectivity index (χ3v) is 11.7. The molecular formula is C40H54O4. The van der Waals surface area contributed by atoms with Crippen molar-refractivity contribution < 1.29 is 19.1 Å². The molecule has 4 aliphatic rings. The first-order valence-electron chi connectivity index (χ1n) is 17.8. The molecular weight excluding hydrogens is 544 g/mol. The Labute approximate surface area is 265 Å². The van der Waals surface area contributed by atoms with E-state index in [1.807, 2.05) is 48.5 Å². The molecule has 6 atom stereocenters. The molecule has 4 aliphatic carbocycles. The second kappa shape index (κ2) is 14.0. The highest BCUT2D eigenvalue weighted by molar-refractivity contribution is 5.98. The van der Waals surface area contributed by atoms with Crippen LogP contribution in [0.4, 0.5) is 0 Å². The van der Waals surface area contributed by atoms with Crippen molar-refractivity contribution in [3.8, 4) is 11.1 Å². The van der Waals surface area contributed by atoms with Gasteiger partial charge in [-0.1, -0.05) is 99.9 Å². The summed E-state index contributed by atoms with van der Waals surface area (Å²) in [4.78, 5) is 26.2. The first-order valence-corrected chi connectivity index (χ1v) is 17.8. The molecule has 4 bridgehead atoms. The fraction of sp³-hybridized carbons (Fsp3) is 0.650. The van der Waals surface area contributed by atoms with Gasteiger partial charge in [-0.3, -0.25) is 9.59 Å². The molecule has 0 unspecified atom stereocenters. The number of rotatable bonds is 9. The molecule has 2 aromatic rings. The van der Waals surface area contributed by atoms with Crippen LogP contribution < -0.4 is 0 Å². The van der Waals surface area contributed by atoms with Crippen LogP contribution in [0.15, 0.2) is 48.5 Å². The van der Waals surface area contributed by atoms with E-state index in [0.717, 1.165) is 60.5 Å². The zero-order valence-corrected chi connectivity index (χ0v) is 27.3. The first-order chi connectivity index (χ1) is 21.3. The quantitative estimate of drug-likeness (QED) is 0.270. The maximum atomic E-state index is 13.1. The maximum absolute atomic E-state index is 13.1. The molecule has 4 saturated carbocycles. The van der Waals surface area contributed by atoms with Crippen LogP contribution >= 0.6 is 0 Å². The van der Waals surface area contributed by atoms with Gasteiger partial charge in [0.25, 0.3) is 0 Å². The highest BCUT2D eigenvalue weighted by atomic mass is 16.5. The zero-order chi connectivity index (χ0) is 30.6. The topological polar surface area (TPSA) is 52.6 Å². The summed E-state index contributed by atoms with van der Waals surface area (Å²) in [6, 6.07) is 15.6. The molecule has 0 saturated heterocycles. The van der Waals surface area contributed by atoms with Crippen molar-refractivity contribution in [2.45, 2.75) is 128 Å². The summed E-state index contributed by atoms with van der Waals surface area (Å²) in [5, 5.41) is 0. The van der Waals surface area contributed by atoms with Crippen molar-refractivity contribution in [3.05, 3.63) is 59.7 Å². The van der Waals surface area contributed by atoms with Crippen molar-refractivity contribution in [2.75, 3.05) is 13.2 Å². The lowest BCUT2D eigenvalue weighted by atomic mass is 9.87. The Balaban J connectivity index is 1.000. The Morgan fingerprint density at radius 3 is 1.32 bits per heavy atom. The Bertz CT molecular complexity index is 1170. The lowest BCUT2D eigenvalue weighted by Crippen LogP contribution is -2.32. The van der Waals surface area contributed by atoms with Crippen LogP contribution in [0, 0.1) is 23.7 Å². The van der Waals surface area contributed by atoms with Crippen molar-refractivity contribution in [1.82, 2.24) is 0 Å². The molecule has 4 nitrogen and oxygen atoms in total. The summed E-state index contributed by atoms with van der Waals surface area (Å²) in [6.07, 6.45) is 20.2. The van der Waals surface area contributed by atoms with E-state index >= 15 is 0 Å². The van der Waals surface area contributed by atoms with Crippen LogP contribution in [0.1, 0.15) is 137 Å². The fourth-order valence-corrected chi connectivity index (χ4v) is 9.09. The Morgan fingerprint density at radius 2 is 0.932 bits per heavy atom. The number of ether oxygens (including phenoxy) is 2. The normalized spacial score (nSPS) is 32.5. The van der Waals surface area contributed by atoms with E-state index in [1.165, 1.54) is 77.0 Å². The molecule has 4 fully saturated rings. The minimum Gasteiger partial charge on any atom is -0.367 e. The summed E-state index contributed by atoms with van der Waals surface area (Å²) in [5.41, 5.74) is 3.06. The van der Waals surface area contributed by atoms with E-state index < -0.39 is 0 Å².